The predicted octanol–water partition coefficient (Wildman–Crippen LogP) is 2.90. The average molecular weight is 277 g/mol. The highest BCUT2D eigenvalue weighted by Gasteiger charge is 2.16. The van der Waals surface area contributed by atoms with Gasteiger partial charge in [0.1, 0.15) is 5.75 Å². The number of nitrogen functional groups attached to an aromatic ring is 1. The molecule has 19 heavy (non-hydrogen) atoms. The molecule has 3 N–H and O–H groups in total. The highest BCUT2D eigenvalue weighted by atomic mass is 35.5. The van der Waals surface area contributed by atoms with E-state index in [1.54, 1.807) is 37.4 Å². The molecule has 0 aliphatic rings. The number of aromatic hydroxyl groups is 1. The minimum atomic E-state index is -0.273. The number of carbonyl (C=O) groups excluding carboxylic acids is 1. The van der Waals surface area contributed by atoms with Gasteiger partial charge in [-0.3, -0.25) is 4.79 Å². The summed E-state index contributed by atoms with van der Waals surface area (Å²) in [6.07, 6.45) is 0. The maximum Gasteiger partial charge on any atom is 0.258 e. The molecule has 2 rings (SSSR count). The second-order valence-electron chi connectivity index (χ2n) is 4.12. The normalized spacial score (nSPS) is 10.2. The van der Waals surface area contributed by atoms with E-state index in [1.165, 1.54) is 17.0 Å². The van der Waals surface area contributed by atoms with Gasteiger partial charge < -0.3 is 15.7 Å². The number of nitrogens with two attached hydrogens (primary N) is 1. The van der Waals surface area contributed by atoms with Crippen molar-refractivity contribution in [3.63, 3.8) is 0 Å². The molecule has 2 aromatic rings. The minimum absolute atomic E-state index is 0.0401. The number of benzene rings is 2. The Morgan fingerprint density at radius 3 is 2.68 bits per heavy atom. The van der Waals surface area contributed by atoms with Crippen LogP contribution in [0.15, 0.2) is 42.5 Å². The van der Waals surface area contributed by atoms with E-state index in [0.717, 1.165) is 0 Å². The lowest BCUT2D eigenvalue weighted by Crippen LogP contribution is -2.26. The second kappa shape index (κ2) is 5.20. The summed E-state index contributed by atoms with van der Waals surface area (Å²) in [6, 6.07) is 11.1. The summed E-state index contributed by atoms with van der Waals surface area (Å²) in [5.41, 5.74) is 7.20. The zero-order valence-corrected chi connectivity index (χ0v) is 11.1. The first kappa shape index (κ1) is 13.2. The third-order valence-corrected chi connectivity index (χ3v) is 2.99. The molecule has 0 saturated carbocycles. The van der Waals surface area contributed by atoms with Crippen molar-refractivity contribution in [1.29, 1.82) is 0 Å². The third-order valence-electron chi connectivity index (χ3n) is 2.75. The van der Waals surface area contributed by atoms with Crippen LogP contribution in [0.5, 0.6) is 5.75 Å². The molecule has 0 fully saturated rings. The number of hydrogen-bond donors (Lipinski definition) is 2. The summed E-state index contributed by atoms with van der Waals surface area (Å²) in [7, 11) is 1.61. The lowest BCUT2D eigenvalue weighted by molar-refractivity contribution is 0.0992. The Kier molecular flexibility index (Phi) is 3.62. The van der Waals surface area contributed by atoms with E-state index in [0.29, 0.717) is 22.0 Å². The summed E-state index contributed by atoms with van der Waals surface area (Å²) in [6.45, 7) is 0. The molecule has 1 amide bonds. The molecule has 0 unspecified atom stereocenters. The number of phenols is 1. The molecule has 4 nitrogen and oxygen atoms in total. The fourth-order valence-corrected chi connectivity index (χ4v) is 1.92. The molecule has 0 bridgehead atoms. The lowest BCUT2D eigenvalue weighted by atomic mass is 10.1. The summed E-state index contributed by atoms with van der Waals surface area (Å²) in [4.78, 5) is 13.7. The SMILES string of the molecule is CN(C(=O)c1cccc(O)c1)c1cc(Cl)ccc1N. The molecule has 5 heteroatoms. The van der Waals surface area contributed by atoms with Crippen molar-refractivity contribution in [2.24, 2.45) is 0 Å². The van der Waals surface area contributed by atoms with Crippen LogP contribution in [0.25, 0.3) is 0 Å². The molecule has 0 atom stereocenters. The van der Waals surface area contributed by atoms with Crippen molar-refractivity contribution in [1.82, 2.24) is 0 Å². The highest BCUT2D eigenvalue weighted by Crippen LogP contribution is 2.27. The van der Waals surface area contributed by atoms with E-state index < -0.39 is 0 Å². The van der Waals surface area contributed by atoms with Gasteiger partial charge >= 0.3 is 0 Å². The van der Waals surface area contributed by atoms with Gasteiger partial charge in [0.25, 0.3) is 5.91 Å². The van der Waals surface area contributed by atoms with Crippen LogP contribution in [0, 0.1) is 0 Å². The molecule has 0 spiro atoms. The molecule has 0 aliphatic carbocycles. The van der Waals surface area contributed by atoms with Crippen molar-refractivity contribution < 1.29 is 9.90 Å². The van der Waals surface area contributed by atoms with Crippen LogP contribution in [0.1, 0.15) is 10.4 Å². The first-order valence-corrected chi connectivity index (χ1v) is 5.99. The van der Waals surface area contributed by atoms with Crippen LogP contribution in [-0.2, 0) is 0 Å². The number of phenolic OH excluding ortho intramolecular Hbond substituents is 1. The minimum Gasteiger partial charge on any atom is -0.508 e. The number of anilines is 2. The van der Waals surface area contributed by atoms with Gasteiger partial charge in [0, 0.05) is 17.6 Å². The number of halogens is 1. The van der Waals surface area contributed by atoms with Gasteiger partial charge in [-0.15, -0.1) is 0 Å². The quantitative estimate of drug-likeness (QED) is 0.829. The Morgan fingerprint density at radius 1 is 1.26 bits per heavy atom. The molecule has 0 radical (unpaired) electrons. The summed E-state index contributed by atoms with van der Waals surface area (Å²) >= 11 is 5.90. The fourth-order valence-electron chi connectivity index (χ4n) is 1.75. The maximum atomic E-state index is 12.3. The van der Waals surface area contributed by atoms with Crippen molar-refractivity contribution in [2.45, 2.75) is 0 Å². The van der Waals surface area contributed by atoms with Gasteiger partial charge in [-0.05, 0) is 36.4 Å². The molecule has 98 valence electrons. The molecule has 0 aliphatic heterocycles. The summed E-state index contributed by atoms with van der Waals surface area (Å²) in [5.74, 6) is -0.233. The average Bonchev–Trinajstić information content (AvgIpc) is 2.40. The molecule has 0 heterocycles. The van der Waals surface area contributed by atoms with Gasteiger partial charge in [0.05, 0.1) is 11.4 Å². The number of amides is 1. The van der Waals surface area contributed by atoms with Crippen molar-refractivity contribution in [3.8, 4) is 5.75 Å². The molecular weight excluding hydrogens is 264 g/mol. The van der Waals surface area contributed by atoms with Crippen LogP contribution in [-0.4, -0.2) is 18.1 Å². The highest BCUT2D eigenvalue weighted by molar-refractivity contribution is 6.31. The lowest BCUT2D eigenvalue weighted by Gasteiger charge is -2.19. The van der Waals surface area contributed by atoms with E-state index in [1.807, 2.05) is 0 Å². The third kappa shape index (κ3) is 2.80. The van der Waals surface area contributed by atoms with E-state index in [-0.39, 0.29) is 11.7 Å². The maximum absolute atomic E-state index is 12.3. The van der Waals surface area contributed by atoms with Crippen LogP contribution in [0.2, 0.25) is 5.02 Å². The van der Waals surface area contributed by atoms with Gasteiger partial charge in [0.15, 0.2) is 0 Å². The topological polar surface area (TPSA) is 66.6 Å². The Labute approximate surface area is 116 Å². The largest absolute Gasteiger partial charge is 0.508 e. The van der Waals surface area contributed by atoms with Gasteiger partial charge in [-0.25, -0.2) is 0 Å². The molecule has 0 aromatic heterocycles. The Balaban J connectivity index is 2.36. The fraction of sp³-hybridized carbons (Fsp3) is 0.0714. The summed E-state index contributed by atoms with van der Waals surface area (Å²) < 4.78 is 0. The van der Waals surface area contributed by atoms with Crippen LogP contribution >= 0.6 is 11.6 Å². The zero-order valence-electron chi connectivity index (χ0n) is 10.3. The van der Waals surface area contributed by atoms with Crippen LogP contribution in [0.4, 0.5) is 11.4 Å². The standard InChI is InChI=1S/C14H13ClN2O2/c1-17(13-8-10(15)5-6-12(13)16)14(19)9-3-2-4-11(18)7-9/h2-8,18H,16H2,1H3. The van der Waals surface area contributed by atoms with Gasteiger partial charge in [-0.1, -0.05) is 17.7 Å². The first-order chi connectivity index (χ1) is 8.99. The van der Waals surface area contributed by atoms with Gasteiger partial charge in [0.2, 0.25) is 0 Å². The second-order valence-corrected chi connectivity index (χ2v) is 4.55. The number of rotatable bonds is 2. The Morgan fingerprint density at radius 2 is 2.00 bits per heavy atom. The van der Waals surface area contributed by atoms with E-state index >= 15 is 0 Å². The Hall–Kier alpha value is -2.20. The van der Waals surface area contributed by atoms with Crippen molar-refractivity contribution in [2.75, 3.05) is 17.7 Å². The van der Waals surface area contributed by atoms with E-state index in [4.69, 9.17) is 17.3 Å². The van der Waals surface area contributed by atoms with Crippen molar-refractivity contribution in [3.05, 3.63) is 53.1 Å². The van der Waals surface area contributed by atoms with Gasteiger partial charge in [-0.2, -0.15) is 0 Å². The Bertz CT molecular complexity index is 629. The number of carbonyl (C=O) groups is 1. The zero-order chi connectivity index (χ0) is 14.0. The van der Waals surface area contributed by atoms with Crippen LogP contribution < -0.4 is 10.6 Å². The molecular formula is C14H13ClN2O2. The molecule has 2 aromatic carbocycles. The number of nitrogens with zero attached hydrogens (tertiary/aromatic N) is 1. The predicted molar refractivity (Wildman–Crippen MR) is 76.7 cm³/mol. The number of hydrogen-bond acceptors (Lipinski definition) is 3. The molecule has 0 saturated heterocycles. The summed E-state index contributed by atoms with van der Waals surface area (Å²) in [5, 5.41) is 9.90. The van der Waals surface area contributed by atoms with Crippen molar-refractivity contribution >= 4 is 28.9 Å². The van der Waals surface area contributed by atoms with E-state index in [2.05, 4.69) is 0 Å². The van der Waals surface area contributed by atoms with E-state index in [9.17, 15) is 9.90 Å². The van der Waals surface area contributed by atoms with Crippen LogP contribution in [0.3, 0.4) is 0 Å². The monoisotopic (exact) mass is 276 g/mol. The smallest absolute Gasteiger partial charge is 0.258 e. The first-order valence-electron chi connectivity index (χ1n) is 5.61.